The average Bonchev–Trinajstić information content (AvgIpc) is 3.05. The van der Waals surface area contributed by atoms with E-state index in [0.29, 0.717) is 30.2 Å². The van der Waals surface area contributed by atoms with Gasteiger partial charge in [0.1, 0.15) is 11.9 Å². The zero-order valence-electron chi connectivity index (χ0n) is 24.2. The van der Waals surface area contributed by atoms with Gasteiger partial charge in [-0.1, -0.05) is 97.1 Å². The Balaban J connectivity index is 1.54. The minimum Gasteiger partial charge on any atom is -0.467 e. The van der Waals surface area contributed by atoms with Crippen LogP contribution in [0.15, 0.2) is 115 Å². The van der Waals surface area contributed by atoms with Crippen molar-refractivity contribution in [3.8, 4) is 0 Å². The fourth-order valence-corrected chi connectivity index (χ4v) is 5.84. The second-order valence-corrected chi connectivity index (χ2v) is 11.3. The quantitative estimate of drug-likeness (QED) is 0.171. The maximum Gasteiger partial charge on any atom is 0.329 e. The van der Waals surface area contributed by atoms with E-state index in [1.165, 1.54) is 7.11 Å². The molecule has 4 aromatic rings. The van der Waals surface area contributed by atoms with Crippen molar-refractivity contribution < 1.29 is 19.1 Å². The van der Waals surface area contributed by atoms with Crippen molar-refractivity contribution in [1.82, 2.24) is 10.3 Å². The summed E-state index contributed by atoms with van der Waals surface area (Å²) in [4.78, 5) is 44.5. The predicted molar refractivity (Wildman–Crippen MR) is 171 cm³/mol. The Bertz CT molecular complexity index is 1420. The van der Waals surface area contributed by atoms with Crippen LogP contribution in [0, 0.1) is 11.8 Å². The second kappa shape index (κ2) is 16.9. The predicted octanol–water partition coefficient (Wildman–Crippen LogP) is 5.72. The van der Waals surface area contributed by atoms with Gasteiger partial charge in [-0.05, 0) is 48.1 Å². The van der Waals surface area contributed by atoms with Crippen LogP contribution in [0.2, 0.25) is 0 Å². The molecule has 2 N–H and O–H groups in total. The smallest absolute Gasteiger partial charge is 0.329 e. The van der Waals surface area contributed by atoms with Gasteiger partial charge in [-0.15, -0.1) is 0 Å². The average molecular weight is 596 g/mol. The topological polar surface area (TPSA) is 97.4 Å². The molecule has 222 valence electrons. The minimum atomic E-state index is -0.820. The van der Waals surface area contributed by atoms with Crippen LogP contribution in [0.1, 0.15) is 23.1 Å². The summed E-state index contributed by atoms with van der Waals surface area (Å²) in [6.07, 6.45) is 2.76. The van der Waals surface area contributed by atoms with Crippen LogP contribution in [0.25, 0.3) is 0 Å². The molecule has 4 rings (SSSR count). The van der Waals surface area contributed by atoms with Crippen LogP contribution < -0.4 is 10.6 Å². The SMILES string of the molecule is COC(=O)[C@H](CSCc1ccccc1)NC(=O)[C@H](Cc1ccccc1)C[C@@H](Cc1ccccc1)C(=O)Nc1ccccn1. The molecule has 7 nitrogen and oxygen atoms in total. The van der Waals surface area contributed by atoms with Crippen LogP contribution >= 0.6 is 11.8 Å². The minimum absolute atomic E-state index is 0.212. The lowest BCUT2D eigenvalue weighted by Crippen LogP contribution is -2.47. The third-order valence-corrected chi connectivity index (χ3v) is 8.18. The van der Waals surface area contributed by atoms with Gasteiger partial charge in [0.15, 0.2) is 0 Å². The molecule has 0 radical (unpaired) electrons. The Hall–Kier alpha value is -4.43. The fraction of sp³-hybridized carbons (Fsp3) is 0.257. The van der Waals surface area contributed by atoms with Crippen molar-refractivity contribution in [2.75, 3.05) is 18.2 Å². The van der Waals surface area contributed by atoms with E-state index < -0.39 is 23.8 Å². The number of hydrogen-bond donors (Lipinski definition) is 2. The van der Waals surface area contributed by atoms with E-state index >= 15 is 0 Å². The number of carbonyl (C=O) groups is 3. The van der Waals surface area contributed by atoms with Gasteiger partial charge in [-0.2, -0.15) is 11.8 Å². The molecule has 0 saturated heterocycles. The highest BCUT2D eigenvalue weighted by Crippen LogP contribution is 2.24. The van der Waals surface area contributed by atoms with E-state index in [0.717, 1.165) is 16.7 Å². The van der Waals surface area contributed by atoms with Crippen molar-refractivity contribution in [3.63, 3.8) is 0 Å². The molecule has 0 aliphatic heterocycles. The third-order valence-electron chi connectivity index (χ3n) is 7.07. The van der Waals surface area contributed by atoms with E-state index in [2.05, 4.69) is 15.6 Å². The maximum atomic E-state index is 13.9. The van der Waals surface area contributed by atoms with E-state index in [-0.39, 0.29) is 18.2 Å². The standard InChI is InChI=1S/C35H37N3O4S/c1-42-35(41)31(25-43-24-28-17-9-4-10-18-28)37-33(39)29(21-26-13-5-2-6-14-26)23-30(22-27-15-7-3-8-16-27)34(40)38-32-19-11-12-20-36-32/h2-20,29-31H,21-25H2,1H3,(H,37,39)(H,36,38,40)/t29-,30-,31+/m1/s1. The van der Waals surface area contributed by atoms with Gasteiger partial charge in [-0.3, -0.25) is 9.59 Å². The summed E-state index contributed by atoms with van der Waals surface area (Å²) in [5.41, 5.74) is 3.10. The van der Waals surface area contributed by atoms with Gasteiger partial charge in [-0.25, -0.2) is 9.78 Å². The number of carbonyl (C=O) groups excluding carboxylic acids is 3. The molecule has 1 aromatic heterocycles. The number of aromatic nitrogens is 1. The number of esters is 1. The number of benzene rings is 3. The lowest BCUT2D eigenvalue weighted by Gasteiger charge is -2.25. The van der Waals surface area contributed by atoms with E-state index in [9.17, 15) is 14.4 Å². The molecule has 1 heterocycles. The Morgan fingerprint density at radius 3 is 1.79 bits per heavy atom. The number of methoxy groups -OCH3 is 1. The molecule has 0 unspecified atom stereocenters. The normalized spacial score (nSPS) is 12.9. The van der Waals surface area contributed by atoms with Crippen LogP contribution in [0.4, 0.5) is 5.82 Å². The molecule has 3 atom stereocenters. The third kappa shape index (κ3) is 10.4. The van der Waals surface area contributed by atoms with Crippen LogP contribution in [-0.2, 0) is 37.7 Å². The number of ether oxygens (including phenoxy) is 1. The lowest BCUT2D eigenvalue weighted by atomic mass is 9.84. The zero-order chi connectivity index (χ0) is 30.3. The highest BCUT2D eigenvalue weighted by Gasteiger charge is 2.31. The van der Waals surface area contributed by atoms with Crippen molar-refractivity contribution in [2.24, 2.45) is 11.8 Å². The summed E-state index contributed by atoms with van der Waals surface area (Å²) < 4.78 is 5.04. The van der Waals surface area contributed by atoms with Crippen molar-refractivity contribution in [1.29, 1.82) is 0 Å². The van der Waals surface area contributed by atoms with E-state index in [1.807, 2.05) is 97.1 Å². The first-order chi connectivity index (χ1) is 21.0. The summed E-state index contributed by atoms with van der Waals surface area (Å²) in [6, 6.07) is 33.9. The lowest BCUT2D eigenvalue weighted by molar-refractivity contribution is -0.145. The first-order valence-electron chi connectivity index (χ1n) is 14.3. The van der Waals surface area contributed by atoms with Gasteiger partial charge >= 0.3 is 5.97 Å². The molecule has 8 heteroatoms. The van der Waals surface area contributed by atoms with Crippen molar-refractivity contribution >= 4 is 35.4 Å². The van der Waals surface area contributed by atoms with E-state index in [4.69, 9.17) is 4.74 Å². The monoisotopic (exact) mass is 595 g/mol. The zero-order valence-corrected chi connectivity index (χ0v) is 25.0. The van der Waals surface area contributed by atoms with Crippen molar-refractivity contribution in [3.05, 3.63) is 132 Å². The summed E-state index contributed by atoms with van der Waals surface area (Å²) >= 11 is 1.55. The Morgan fingerprint density at radius 1 is 0.721 bits per heavy atom. The van der Waals surface area contributed by atoms with Gasteiger partial charge in [0.05, 0.1) is 7.11 Å². The van der Waals surface area contributed by atoms with Gasteiger partial charge in [0, 0.05) is 29.5 Å². The second-order valence-electron chi connectivity index (χ2n) is 10.3. The number of nitrogens with zero attached hydrogens (tertiary/aromatic N) is 1. The summed E-state index contributed by atoms with van der Waals surface area (Å²) in [5, 5.41) is 5.88. The van der Waals surface area contributed by atoms with E-state index in [1.54, 1.807) is 30.1 Å². The molecular weight excluding hydrogens is 558 g/mol. The molecule has 43 heavy (non-hydrogen) atoms. The van der Waals surface area contributed by atoms with Crippen LogP contribution in [0.5, 0.6) is 0 Å². The molecule has 0 aliphatic rings. The summed E-state index contributed by atoms with van der Waals surface area (Å²) in [6.45, 7) is 0. The Labute approximate surface area is 257 Å². The van der Waals surface area contributed by atoms with Gasteiger partial charge in [0.25, 0.3) is 0 Å². The first kappa shape index (κ1) is 31.5. The highest BCUT2D eigenvalue weighted by atomic mass is 32.2. The van der Waals surface area contributed by atoms with Crippen molar-refractivity contribution in [2.45, 2.75) is 31.1 Å². The fourth-order valence-electron chi connectivity index (χ4n) is 4.84. The summed E-state index contributed by atoms with van der Waals surface area (Å²) in [5.74, 6) is -0.579. The molecule has 2 amide bonds. The Morgan fingerprint density at radius 2 is 1.26 bits per heavy atom. The number of thioether (sulfide) groups is 1. The molecule has 0 saturated carbocycles. The Kier molecular flexibility index (Phi) is 12.4. The number of amides is 2. The van der Waals surface area contributed by atoms with Gasteiger partial charge in [0.2, 0.25) is 11.8 Å². The first-order valence-corrected chi connectivity index (χ1v) is 15.5. The number of pyridine rings is 1. The number of rotatable bonds is 15. The molecular formula is C35H37N3O4S. The highest BCUT2D eigenvalue weighted by molar-refractivity contribution is 7.98. The number of anilines is 1. The number of hydrogen-bond acceptors (Lipinski definition) is 6. The number of nitrogens with one attached hydrogen (secondary N) is 2. The maximum absolute atomic E-state index is 13.9. The molecule has 0 spiro atoms. The molecule has 3 aromatic carbocycles. The van der Waals surface area contributed by atoms with Crippen LogP contribution in [-0.4, -0.2) is 41.7 Å². The van der Waals surface area contributed by atoms with Gasteiger partial charge < -0.3 is 15.4 Å². The van der Waals surface area contributed by atoms with Crippen LogP contribution in [0.3, 0.4) is 0 Å². The molecule has 0 aliphatic carbocycles. The largest absolute Gasteiger partial charge is 0.467 e. The summed E-state index contributed by atoms with van der Waals surface area (Å²) in [7, 11) is 1.32. The molecule has 0 fully saturated rings. The molecule has 0 bridgehead atoms.